The van der Waals surface area contributed by atoms with E-state index in [2.05, 4.69) is 24.8 Å². The summed E-state index contributed by atoms with van der Waals surface area (Å²) in [6, 6.07) is 4.51. The number of rotatable bonds is 4. The molecule has 4 nitrogen and oxygen atoms in total. The van der Waals surface area contributed by atoms with Crippen LogP contribution in [-0.4, -0.2) is 50.3 Å². The molecule has 0 saturated carbocycles. The largest absolute Gasteiger partial charge is 0.297 e. The average Bonchev–Trinajstić information content (AvgIpc) is 2.48. The van der Waals surface area contributed by atoms with Crippen LogP contribution in [0.25, 0.3) is 0 Å². The second-order valence-corrected chi connectivity index (χ2v) is 8.31. The first-order valence-corrected chi connectivity index (χ1v) is 9.31. The molecule has 0 radical (unpaired) electrons. The Balaban J connectivity index is 2.10. The molecule has 0 bridgehead atoms. The Morgan fingerprint density at radius 1 is 1.18 bits per heavy atom. The van der Waals surface area contributed by atoms with Gasteiger partial charge in [0.1, 0.15) is 4.90 Å². The highest BCUT2D eigenvalue weighted by Gasteiger charge is 2.29. The van der Waals surface area contributed by atoms with Crippen molar-refractivity contribution in [1.82, 2.24) is 9.21 Å². The van der Waals surface area contributed by atoms with E-state index in [1.54, 1.807) is 6.07 Å². The highest BCUT2D eigenvalue weighted by molar-refractivity contribution is 7.89. The van der Waals surface area contributed by atoms with Crippen molar-refractivity contribution in [3.8, 4) is 0 Å². The smallest absolute Gasteiger partial charge is 0.244 e. The van der Waals surface area contributed by atoms with Gasteiger partial charge in [0.05, 0.1) is 5.02 Å². The second kappa shape index (κ2) is 7.32. The first kappa shape index (κ1) is 17.8. The van der Waals surface area contributed by atoms with Crippen LogP contribution in [0.3, 0.4) is 0 Å². The van der Waals surface area contributed by atoms with Crippen molar-refractivity contribution in [3.63, 3.8) is 0 Å². The molecule has 1 saturated heterocycles. The normalized spacial score (nSPS) is 17.5. The van der Waals surface area contributed by atoms with Crippen LogP contribution in [-0.2, 0) is 10.0 Å². The van der Waals surface area contributed by atoms with Crippen LogP contribution in [0.15, 0.2) is 34.7 Å². The van der Waals surface area contributed by atoms with Gasteiger partial charge in [-0.05, 0) is 32.0 Å². The summed E-state index contributed by atoms with van der Waals surface area (Å²) in [6.07, 6.45) is 2.15. The lowest BCUT2D eigenvalue weighted by molar-refractivity contribution is 0.204. The van der Waals surface area contributed by atoms with Gasteiger partial charge in [0.15, 0.2) is 0 Å². The Morgan fingerprint density at radius 3 is 2.41 bits per heavy atom. The van der Waals surface area contributed by atoms with Crippen molar-refractivity contribution in [2.75, 3.05) is 32.7 Å². The lowest BCUT2D eigenvalue weighted by Gasteiger charge is -2.33. The molecule has 1 aliphatic heterocycles. The van der Waals surface area contributed by atoms with E-state index < -0.39 is 10.0 Å². The van der Waals surface area contributed by atoms with Gasteiger partial charge in [0.2, 0.25) is 10.0 Å². The van der Waals surface area contributed by atoms with Crippen molar-refractivity contribution in [3.05, 3.63) is 39.9 Å². The molecule has 0 aromatic heterocycles. The highest BCUT2D eigenvalue weighted by atomic mass is 35.5. The zero-order valence-corrected chi connectivity index (χ0v) is 15.0. The summed E-state index contributed by atoms with van der Waals surface area (Å²) < 4.78 is 26.8. The number of nitrogens with zero attached hydrogens (tertiary/aromatic N) is 2. The van der Waals surface area contributed by atoms with E-state index in [4.69, 9.17) is 23.2 Å². The molecule has 0 unspecified atom stereocenters. The summed E-state index contributed by atoms with van der Waals surface area (Å²) in [6.45, 7) is 7.31. The fraction of sp³-hybridized carbons (Fsp3) is 0.467. The molecule has 22 heavy (non-hydrogen) atoms. The first-order chi connectivity index (χ1) is 10.3. The van der Waals surface area contributed by atoms with Crippen LogP contribution < -0.4 is 0 Å². The topological polar surface area (TPSA) is 40.6 Å². The first-order valence-electron chi connectivity index (χ1n) is 7.11. The lowest BCUT2D eigenvalue weighted by Crippen LogP contribution is -2.48. The Labute approximate surface area is 142 Å². The van der Waals surface area contributed by atoms with E-state index in [1.807, 2.05) is 0 Å². The van der Waals surface area contributed by atoms with Gasteiger partial charge in [0, 0.05) is 37.7 Å². The predicted octanol–water partition coefficient (Wildman–Crippen LogP) is 3.27. The minimum absolute atomic E-state index is 0.0828. The van der Waals surface area contributed by atoms with Gasteiger partial charge < -0.3 is 0 Å². The minimum atomic E-state index is -3.60. The molecule has 0 amide bonds. The van der Waals surface area contributed by atoms with Gasteiger partial charge in [0.25, 0.3) is 0 Å². The molecule has 122 valence electrons. The Bertz CT molecular complexity index is 662. The van der Waals surface area contributed by atoms with Gasteiger partial charge in [-0.25, -0.2) is 8.42 Å². The Hall–Kier alpha value is -0.590. The summed E-state index contributed by atoms with van der Waals surface area (Å²) in [5.41, 5.74) is 1.26. The summed E-state index contributed by atoms with van der Waals surface area (Å²) in [7, 11) is -3.60. The maximum atomic E-state index is 12.7. The summed E-state index contributed by atoms with van der Waals surface area (Å²) in [5.74, 6) is 0. The lowest BCUT2D eigenvalue weighted by atomic mass is 10.3. The monoisotopic (exact) mass is 362 g/mol. The predicted molar refractivity (Wildman–Crippen MR) is 91.1 cm³/mol. The van der Waals surface area contributed by atoms with Crippen LogP contribution in [0.4, 0.5) is 0 Å². The van der Waals surface area contributed by atoms with Crippen LogP contribution in [0.1, 0.15) is 13.8 Å². The molecule has 1 fully saturated rings. The van der Waals surface area contributed by atoms with Crippen molar-refractivity contribution in [2.45, 2.75) is 18.7 Å². The van der Waals surface area contributed by atoms with Gasteiger partial charge in [-0.15, -0.1) is 0 Å². The van der Waals surface area contributed by atoms with Crippen molar-refractivity contribution in [2.24, 2.45) is 0 Å². The van der Waals surface area contributed by atoms with Crippen LogP contribution >= 0.6 is 23.2 Å². The zero-order chi connectivity index (χ0) is 16.3. The van der Waals surface area contributed by atoms with Crippen LogP contribution in [0.2, 0.25) is 10.0 Å². The number of allylic oxidation sites excluding steroid dienone is 1. The average molecular weight is 363 g/mol. The van der Waals surface area contributed by atoms with Gasteiger partial charge in [-0.2, -0.15) is 4.31 Å². The third kappa shape index (κ3) is 4.24. The maximum absolute atomic E-state index is 12.7. The number of sulfonamides is 1. The highest BCUT2D eigenvalue weighted by Crippen LogP contribution is 2.28. The molecule has 2 rings (SSSR count). The number of hydrogen-bond donors (Lipinski definition) is 0. The minimum Gasteiger partial charge on any atom is -0.297 e. The molecule has 1 heterocycles. The molecule has 0 aliphatic carbocycles. The van der Waals surface area contributed by atoms with Crippen molar-refractivity contribution >= 4 is 33.2 Å². The third-order valence-electron chi connectivity index (χ3n) is 3.60. The molecule has 1 aliphatic rings. The molecule has 0 spiro atoms. The Kier molecular flexibility index (Phi) is 5.91. The second-order valence-electron chi connectivity index (χ2n) is 5.56. The number of hydrogen-bond acceptors (Lipinski definition) is 3. The van der Waals surface area contributed by atoms with E-state index in [0.29, 0.717) is 31.2 Å². The molecular weight excluding hydrogens is 343 g/mol. The van der Waals surface area contributed by atoms with E-state index in [0.717, 1.165) is 6.54 Å². The standard InChI is InChI=1S/C15H20Cl2N2O2S/c1-12(2)5-6-18-7-9-19(10-8-18)22(20,21)15-11-13(16)3-4-14(15)17/h3-5,11H,6-10H2,1-2H3. The number of piperazine rings is 1. The number of halogens is 2. The summed E-state index contributed by atoms with van der Waals surface area (Å²) in [4.78, 5) is 2.32. The van der Waals surface area contributed by atoms with E-state index in [-0.39, 0.29) is 9.92 Å². The molecule has 0 atom stereocenters. The Morgan fingerprint density at radius 2 is 1.82 bits per heavy atom. The van der Waals surface area contributed by atoms with Crippen LogP contribution in [0.5, 0.6) is 0 Å². The fourth-order valence-corrected chi connectivity index (χ4v) is 4.44. The quantitative estimate of drug-likeness (QED) is 0.771. The van der Waals surface area contributed by atoms with Gasteiger partial charge >= 0.3 is 0 Å². The molecule has 7 heteroatoms. The number of benzene rings is 1. The van der Waals surface area contributed by atoms with Crippen LogP contribution in [0, 0.1) is 0 Å². The maximum Gasteiger partial charge on any atom is 0.244 e. The van der Waals surface area contributed by atoms with Crippen molar-refractivity contribution in [1.29, 1.82) is 0 Å². The SMILES string of the molecule is CC(C)=CCN1CCN(S(=O)(=O)c2cc(Cl)ccc2Cl)CC1. The van der Waals surface area contributed by atoms with Gasteiger partial charge in [-0.3, -0.25) is 4.90 Å². The molecule has 1 aromatic carbocycles. The molecule has 1 aromatic rings. The molecular formula is C15H20Cl2N2O2S. The van der Waals surface area contributed by atoms with E-state index in [1.165, 1.54) is 22.0 Å². The third-order valence-corrected chi connectivity index (χ3v) is 6.22. The molecule has 0 N–H and O–H groups in total. The summed E-state index contributed by atoms with van der Waals surface area (Å²) >= 11 is 11.9. The summed E-state index contributed by atoms with van der Waals surface area (Å²) in [5, 5.41) is 0.571. The van der Waals surface area contributed by atoms with E-state index >= 15 is 0 Å². The van der Waals surface area contributed by atoms with Crippen molar-refractivity contribution < 1.29 is 8.42 Å². The fourth-order valence-electron chi connectivity index (χ4n) is 2.28. The van der Waals surface area contributed by atoms with E-state index in [9.17, 15) is 8.42 Å². The zero-order valence-electron chi connectivity index (χ0n) is 12.7. The van der Waals surface area contributed by atoms with Gasteiger partial charge in [-0.1, -0.05) is 34.9 Å².